The lowest BCUT2D eigenvalue weighted by Crippen LogP contribution is -2.45. The van der Waals surface area contributed by atoms with Crippen LogP contribution in [0.25, 0.3) is 0 Å². The first kappa shape index (κ1) is 21.3. The fourth-order valence-corrected chi connectivity index (χ4v) is 4.33. The van der Waals surface area contributed by atoms with Gasteiger partial charge in [-0.3, -0.25) is 9.69 Å². The lowest BCUT2D eigenvalue weighted by atomic mass is 10.2. The van der Waals surface area contributed by atoms with E-state index in [0.29, 0.717) is 11.7 Å². The minimum Gasteiger partial charge on any atom is -0.369 e. The normalized spacial score (nSPS) is 14.5. The van der Waals surface area contributed by atoms with Crippen LogP contribution in [0.2, 0.25) is 0 Å². The lowest BCUT2D eigenvalue weighted by Gasteiger charge is -2.36. The van der Waals surface area contributed by atoms with Crippen LogP contribution in [0, 0.1) is 0 Å². The van der Waals surface area contributed by atoms with E-state index in [1.54, 1.807) is 4.68 Å². The van der Waals surface area contributed by atoms with Crippen molar-refractivity contribution in [2.24, 2.45) is 0 Å². The molecule has 3 aromatic rings. The Balaban J connectivity index is 1.23. The molecular weight excluding hydrogens is 410 g/mol. The molecule has 0 radical (unpaired) electrons. The largest absolute Gasteiger partial charge is 0.369 e. The quantitative estimate of drug-likeness (QED) is 0.543. The van der Waals surface area contributed by atoms with E-state index in [1.807, 2.05) is 19.1 Å². The molecule has 1 N–H and O–H groups in total. The van der Waals surface area contributed by atoms with Gasteiger partial charge in [-0.05, 0) is 47.2 Å². The average Bonchev–Trinajstić information content (AvgIpc) is 3.27. The summed E-state index contributed by atoms with van der Waals surface area (Å²) in [6.45, 7) is 7.73. The highest BCUT2D eigenvalue weighted by Gasteiger charge is 2.17. The second-order valence-electron chi connectivity index (χ2n) is 7.41. The Morgan fingerprint density at radius 2 is 1.77 bits per heavy atom. The van der Waals surface area contributed by atoms with Gasteiger partial charge in [0.05, 0.1) is 5.75 Å². The molecular formula is C22H27N7OS. The zero-order valence-electron chi connectivity index (χ0n) is 17.6. The van der Waals surface area contributed by atoms with Crippen LogP contribution in [-0.4, -0.2) is 62.9 Å². The molecule has 162 valence electrons. The number of anilines is 2. The van der Waals surface area contributed by atoms with Crippen LogP contribution in [0.5, 0.6) is 0 Å². The van der Waals surface area contributed by atoms with E-state index >= 15 is 0 Å². The predicted octanol–water partition coefficient (Wildman–Crippen LogP) is 2.75. The van der Waals surface area contributed by atoms with Gasteiger partial charge in [0.1, 0.15) is 0 Å². The second-order valence-corrected chi connectivity index (χ2v) is 8.35. The first-order valence-electron chi connectivity index (χ1n) is 10.5. The van der Waals surface area contributed by atoms with Crippen LogP contribution in [-0.2, 0) is 17.9 Å². The van der Waals surface area contributed by atoms with Gasteiger partial charge in [-0.2, -0.15) is 0 Å². The maximum absolute atomic E-state index is 12.3. The number of carbonyl (C=O) groups is 1. The van der Waals surface area contributed by atoms with E-state index in [-0.39, 0.29) is 11.7 Å². The lowest BCUT2D eigenvalue weighted by molar-refractivity contribution is -0.113. The monoisotopic (exact) mass is 437 g/mol. The highest BCUT2D eigenvalue weighted by Crippen LogP contribution is 2.21. The molecule has 1 saturated heterocycles. The van der Waals surface area contributed by atoms with Gasteiger partial charge in [0.2, 0.25) is 11.1 Å². The SMILES string of the molecule is CCn1nnnc1SCC(=O)Nc1ccc(N2CCN(Cc3ccccc3)CC2)cc1. The molecule has 1 amide bonds. The number of aromatic nitrogens is 4. The average molecular weight is 438 g/mol. The standard InChI is InChI=1S/C22H27N7OS/c1-2-29-22(24-25-26-29)31-17-21(30)23-19-8-10-20(11-9-19)28-14-12-27(13-15-28)16-18-6-4-3-5-7-18/h3-11H,2,12-17H2,1H3,(H,23,30). The number of amides is 1. The van der Waals surface area contributed by atoms with Gasteiger partial charge in [-0.15, -0.1) is 5.10 Å². The van der Waals surface area contributed by atoms with Crippen LogP contribution < -0.4 is 10.2 Å². The van der Waals surface area contributed by atoms with Crippen molar-refractivity contribution in [3.8, 4) is 0 Å². The molecule has 2 heterocycles. The van der Waals surface area contributed by atoms with Gasteiger partial charge in [-0.1, -0.05) is 42.1 Å². The molecule has 31 heavy (non-hydrogen) atoms. The maximum Gasteiger partial charge on any atom is 0.234 e. The molecule has 0 aliphatic carbocycles. The Bertz CT molecular complexity index is 969. The number of hydrogen-bond acceptors (Lipinski definition) is 7. The van der Waals surface area contributed by atoms with Gasteiger partial charge in [0, 0.05) is 50.6 Å². The van der Waals surface area contributed by atoms with E-state index in [2.05, 4.69) is 73.1 Å². The summed E-state index contributed by atoms with van der Waals surface area (Å²) >= 11 is 1.33. The second kappa shape index (κ2) is 10.4. The van der Waals surface area contributed by atoms with E-state index in [4.69, 9.17) is 0 Å². The summed E-state index contributed by atoms with van der Waals surface area (Å²) < 4.78 is 1.67. The number of hydrogen-bond donors (Lipinski definition) is 1. The maximum atomic E-state index is 12.3. The first-order chi connectivity index (χ1) is 15.2. The van der Waals surface area contributed by atoms with E-state index in [1.165, 1.54) is 23.0 Å². The van der Waals surface area contributed by atoms with Crippen molar-refractivity contribution in [2.45, 2.75) is 25.2 Å². The molecule has 4 rings (SSSR count). The van der Waals surface area contributed by atoms with Crippen molar-refractivity contribution in [1.29, 1.82) is 0 Å². The Labute approximate surface area is 186 Å². The summed E-state index contributed by atoms with van der Waals surface area (Å²) in [5.41, 5.74) is 3.35. The molecule has 0 bridgehead atoms. The van der Waals surface area contributed by atoms with Crippen molar-refractivity contribution < 1.29 is 4.79 Å². The molecule has 9 heteroatoms. The predicted molar refractivity (Wildman–Crippen MR) is 123 cm³/mol. The third-order valence-corrected chi connectivity index (χ3v) is 6.23. The summed E-state index contributed by atoms with van der Waals surface area (Å²) in [5.74, 6) is 0.198. The molecule has 0 unspecified atom stereocenters. The summed E-state index contributed by atoms with van der Waals surface area (Å²) in [5, 5.41) is 15.0. The Kier molecular flexibility index (Phi) is 7.16. The Morgan fingerprint density at radius 3 is 2.48 bits per heavy atom. The third-order valence-electron chi connectivity index (χ3n) is 5.27. The number of aryl methyl sites for hydroxylation is 1. The van der Waals surface area contributed by atoms with Crippen LogP contribution in [0.15, 0.2) is 59.8 Å². The van der Waals surface area contributed by atoms with Gasteiger partial charge in [0.15, 0.2) is 0 Å². The number of tetrazole rings is 1. The number of thioether (sulfide) groups is 1. The molecule has 0 spiro atoms. The van der Waals surface area contributed by atoms with Crippen LogP contribution >= 0.6 is 11.8 Å². The highest BCUT2D eigenvalue weighted by molar-refractivity contribution is 7.99. The Morgan fingerprint density at radius 1 is 1.03 bits per heavy atom. The fourth-order valence-electron chi connectivity index (χ4n) is 3.59. The van der Waals surface area contributed by atoms with E-state index < -0.39 is 0 Å². The van der Waals surface area contributed by atoms with Gasteiger partial charge < -0.3 is 10.2 Å². The topological polar surface area (TPSA) is 79.2 Å². The molecule has 1 fully saturated rings. The number of piperazine rings is 1. The third kappa shape index (κ3) is 5.83. The smallest absolute Gasteiger partial charge is 0.234 e. The van der Waals surface area contributed by atoms with Crippen LogP contribution in [0.1, 0.15) is 12.5 Å². The number of nitrogens with one attached hydrogen (secondary N) is 1. The zero-order chi connectivity index (χ0) is 21.5. The van der Waals surface area contributed by atoms with E-state index in [0.717, 1.165) is 38.4 Å². The number of benzene rings is 2. The summed E-state index contributed by atoms with van der Waals surface area (Å²) in [6.07, 6.45) is 0. The molecule has 2 aromatic carbocycles. The molecule has 8 nitrogen and oxygen atoms in total. The summed E-state index contributed by atoms with van der Waals surface area (Å²) in [4.78, 5) is 17.1. The van der Waals surface area contributed by atoms with Crippen molar-refractivity contribution >= 4 is 29.0 Å². The van der Waals surface area contributed by atoms with Crippen molar-refractivity contribution in [1.82, 2.24) is 25.1 Å². The molecule has 1 aliphatic rings. The molecule has 1 aromatic heterocycles. The number of nitrogens with zero attached hydrogens (tertiary/aromatic N) is 6. The van der Waals surface area contributed by atoms with Crippen molar-refractivity contribution in [2.75, 3.05) is 42.1 Å². The minimum atomic E-state index is -0.0714. The fraction of sp³-hybridized carbons (Fsp3) is 0.364. The highest BCUT2D eigenvalue weighted by atomic mass is 32.2. The minimum absolute atomic E-state index is 0.0714. The van der Waals surface area contributed by atoms with Gasteiger partial charge >= 0.3 is 0 Å². The molecule has 0 atom stereocenters. The Hall–Kier alpha value is -2.91. The molecule has 0 saturated carbocycles. The summed E-state index contributed by atoms with van der Waals surface area (Å²) in [7, 11) is 0. The van der Waals surface area contributed by atoms with Crippen molar-refractivity contribution in [3.63, 3.8) is 0 Å². The molecule has 1 aliphatic heterocycles. The van der Waals surface area contributed by atoms with Gasteiger partial charge in [0.25, 0.3) is 0 Å². The summed E-state index contributed by atoms with van der Waals surface area (Å²) in [6, 6.07) is 18.7. The first-order valence-corrected chi connectivity index (χ1v) is 11.5. The number of rotatable bonds is 8. The van der Waals surface area contributed by atoms with Crippen LogP contribution in [0.3, 0.4) is 0 Å². The van der Waals surface area contributed by atoms with Crippen LogP contribution in [0.4, 0.5) is 11.4 Å². The van der Waals surface area contributed by atoms with Crippen molar-refractivity contribution in [3.05, 3.63) is 60.2 Å². The van der Waals surface area contributed by atoms with E-state index in [9.17, 15) is 4.79 Å². The van der Waals surface area contributed by atoms with Gasteiger partial charge in [-0.25, -0.2) is 4.68 Å². The number of carbonyl (C=O) groups excluding carboxylic acids is 1. The zero-order valence-corrected chi connectivity index (χ0v) is 18.5.